The van der Waals surface area contributed by atoms with Crippen LogP contribution in [0, 0.1) is 11.2 Å². The lowest BCUT2D eigenvalue weighted by Gasteiger charge is -2.37. The second kappa shape index (κ2) is 8.67. The van der Waals surface area contributed by atoms with Gasteiger partial charge in [0.15, 0.2) is 0 Å². The molecule has 0 radical (unpaired) electrons. The molecule has 0 bridgehead atoms. The molecule has 124 valence electrons. The molecule has 0 aliphatic carbocycles. The first kappa shape index (κ1) is 19.2. The van der Waals surface area contributed by atoms with Crippen molar-refractivity contribution in [2.45, 2.75) is 12.8 Å². The number of nitrogens with one attached hydrogen (secondary N) is 2. The number of halogens is 3. The quantitative estimate of drug-likeness (QED) is 0.858. The van der Waals surface area contributed by atoms with E-state index < -0.39 is 5.82 Å². The van der Waals surface area contributed by atoms with Crippen LogP contribution in [0.25, 0.3) is 0 Å². The molecule has 1 aromatic carbocycles. The van der Waals surface area contributed by atoms with Gasteiger partial charge in [0.25, 0.3) is 5.91 Å². The maximum Gasteiger partial charge on any atom is 0.252 e. The topological polar surface area (TPSA) is 50.4 Å². The highest BCUT2D eigenvalue weighted by Crippen LogP contribution is 2.28. The summed E-state index contributed by atoms with van der Waals surface area (Å²) in [5.74, 6) is -0.736. The van der Waals surface area contributed by atoms with E-state index >= 15 is 0 Å². The second-order valence-corrected chi connectivity index (χ2v) is 5.90. The Morgan fingerprint density at radius 3 is 2.73 bits per heavy atom. The Labute approximate surface area is 141 Å². The van der Waals surface area contributed by atoms with Gasteiger partial charge in [0.05, 0.1) is 17.2 Å². The zero-order valence-electron chi connectivity index (χ0n) is 12.5. The lowest BCUT2D eigenvalue weighted by Crippen LogP contribution is -2.47. The van der Waals surface area contributed by atoms with Gasteiger partial charge in [-0.05, 0) is 44.1 Å². The van der Waals surface area contributed by atoms with E-state index in [2.05, 4.69) is 10.6 Å². The molecular weight excluding hydrogens is 330 g/mol. The van der Waals surface area contributed by atoms with E-state index in [1.807, 2.05) is 0 Å². The minimum atomic E-state index is -0.453. The number of carbonyl (C=O) groups is 1. The lowest BCUT2D eigenvalue weighted by atomic mass is 9.79. The molecule has 0 unspecified atom stereocenters. The average molecular weight is 351 g/mol. The fourth-order valence-electron chi connectivity index (χ4n) is 2.67. The summed E-state index contributed by atoms with van der Waals surface area (Å²) in [5.41, 5.74) is 0.238. The van der Waals surface area contributed by atoms with Gasteiger partial charge < -0.3 is 15.4 Å². The fraction of sp³-hybridized carbons (Fsp3) is 0.533. The number of methoxy groups -OCH3 is 1. The third-order valence-electron chi connectivity index (χ3n) is 3.91. The van der Waals surface area contributed by atoms with Crippen molar-refractivity contribution in [1.82, 2.24) is 10.6 Å². The highest BCUT2D eigenvalue weighted by Gasteiger charge is 2.32. The normalized spacial score (nSPS) is 16.7. The molecule has 0 saturated carbocycles. The van der Waals surface area contributed by atoms with Gasteiger partial charge in [-0.15, -0.1) is 12.4 Å². The van der Waals surface area contributed by atoms with Gasteiger partial charge >= 0.3 is 0 Å². The van der Waals surface area contributed by atoms with Crippen LogP contribution < -0.4 is 10.6 Å². The van der Waals surface area contributed by atoms with Crippen LogP contribution >= 0.6 is 24.0 Å². The molecule has 7 heteroatoms. The maximum atomic E-state index is 13.0. The van der Waals surface area contributed by atoms with Crippen molar-refractivity contribution in [3.8, 4) is 0 Å². The number of rotatable bonds is 5. The predicted octanol–water partition coefficient (Wildman–Crippen LogP) is 2.65. The SMILES string of the molecule is COCC1(CNC(=O)c2ccc(F)cc2Cl)CCNCC1.Cl. The van der Waals surface area contributed by atoms with E-state index in [-0.39, 0.29) is 28.8 Å². The van der Waals surface area contributed by atoms with Crippen molar-refractivity contribution in [3.63, 3.8) is 0 Å². The number of amides is 1. The van der Waals surface area contributed by atoms with E-state index in [0.29, 0.717) is 18.7 Å². The Morgan fingerprint density at radius 2 is 2.14 bits per heavy atom. The minimum absolute atomic E-state index is 0. The third-order valence-corrected chi connectivity index (χ3v) is 4.23. The summed E-state index contributed by atoms with van der Waals surface area (Å²) in [5, 5.41) is 6.33. The van der Waals surface area contributed by atoms with E-state index in [1.165, 1.54) is 12.1 Å². The Bertz CT molecular complexity index is 503. The maximum absolute atomic E-state index is 13.0. The molecule has 1 aromatic rings. The average Bonchev–Trinajstić information content (AvgIpc) is 2.46. The largest absolute Gasteiger partial charge is 0.384 e. The molecule has 2 rings (SSSR count). The summed E-state index contributed by atoms with van der Waals surface area (Å²) in [6.07, 6.45) is 1.89. The monoisotopic (exact) mass is 350 g/mol. The molecule has 1 aliphatic heterocycles. The van der Waals surface area contributed by atoms with Crippen LogP contribution in [-0.4, -0.2) is 39.3 Å². The fourth-order valence-corrected chi connectivity index (χ4v) is 2.93. The molecule has 2 N–H and O–H groups in total. The van der Waals surface area contributed by atoms with Gasteiger partial charge in [0, 0.05) is 19.1 Å². The van der Waals surface area contributed by atoms with Gasteiger partial charge in [-0.2, -0.15) is 0 Å². The van der Waals surface area contributed by atoms with Crippen molar-refractivity contribution >= 4 is 29.9 Å². The molecular formula is C15H21Cl2FN2O2. The molecule has 1 amide bonds. The van der Waals surface area contributed by atoms with Crippen molar-refractivity contribution in [2.75, 3.05) is 33.4 Å². The molecule has 1 heterocycles. The lowest BCUT2D eigenvalue weighted by molar-refractivity contribution is 0.0512. The van der Waals surface area contributed by atoms with Crippen LogP contribution in [0.5, 0.6) is 0 Å². The molecule has 0 aromatic heterocycles. The van der Waals surface area contributed by atoms with Crippen LogP contribution in [0.4, 0.5) is 4.39 Å². The number of ether oxygens (including phenoxy) is 1. The Kier molecular flexibility index (Phi) is 7.56. The molecule has 0 spiro atoms. The summed E-state index contributed by atoms with van der Waals surface area (Å²) < 4.78 is 18.3. The number of benzene rings is 1. The Hall–Kier alpha value is -0.880. The molecule has 1 aliphatic rings. The van der Waals surface area contributed by atoms with Crippen LogP contribution in [0.15, 0.2) is 18.2 Å². The highest BCUT2D eigenvalue weighted by molar-refractivity contribution is 6.33. The van der Waals surface area contributed by atoms with Crippen LogP contribution in [0.2, 0.25) is 5.02 Å². The van der Waals surface area contributed by atoms with Gasteiger partial charge in [0.2, 0.25) is 0 Å². The standard InChI is InChI=1S/C15H20ClFN2O2.ClH/c1-21-10-15(4-6-18-7-5-15)9-19-14(20)12-3-2-11(17)8-13(12)16;/h2-3,8,18H,4-7,9-10H2,1H3,(H,19,20);1H. The minimum Gasteiger partial charge on any atom is -0.384 e. The Morgan fingerprint density at radius 1 is 1.45 bits per heavy atom. The van der Waals surface area contributed by atoms with Crippen LogP contribution in [0.1, 0.15) is 23.2 Å². The summed E-state index contributed by atoms with van der Waals surface area (Å²) in [6, 6.07) is 3.78. The summed E-state index contributed by atoms with van der Waals surface area (Å²) in [4.78, 5) is 12.2. The van der Waals surface area contributed by atoms with Crippen molar-refractivity contribution in [3.05, 3.63) is 34.6 Å². The molecule has 22 heavy (non-hydrogen) atoms. The predicted molar refractivity (Wildman–Crippen MR) is 87.4 cm³/mol. The van der Waals surface area contributed by atoms with E-state index in [9.17, 15) is 9.18 Å². The van der Waals surface area contributed by atoms with Gasteiger partial charge in [-0.3, -0.25) is 4.79 Å². The van der Waals surface area contributed by atoms with Crippen molar-refractivity contribution in [2.24, 2.45) is 5.41 Å². The summed E-state index contributed by atoms with van der Waals surface area (Å²) in [6.45, 7) is 2.95. The van der Waals surface area contributed by atoms with Crippen LogP contribution in [-0.2, 0) is 4.74 Å². The number of carbonyl (C=O) groups excluding carboxylic acids is 1. The molecule has 4 nitrogen and oxygen atoms in total. The van der Waals surface area contributed by atoms with Crippen molar-refractivity contribution < 1.29 is 13.9 Å². The van der Waals surface area contributed by atoms with Gasteiger partial charge in [0.1, 0.15) is 5.82 Å². The third kappa shape index (κ3) is 4.81. The zero-order chi connectivity index (χ0) is 15.3. The first-order chi connectivity index (χ1) is 10.1. The zero-order valence-corrected chi connectivity index (χ0v) is 14.0. The number of hydrogen-bond donors (Lipinski definition) is 2. The molecule has 1 saturated heterocycles. The molecule has 1 fully saturated rings. The summed E-state index contributed by atoms with van der Waals surface area (Å²) in [7, 11) is 1.67. The first-order valence-electron chi connectivity index (χ1n) is 6.99. The summed E-state index contributed by atoms with van der Waals surface area (Å²) >= 11 is 5.91. The highest BCUT2D eigenvalue weighted by atomic mass is 35.5. The van der Waals surface area contributed by atoms with E-state index in [0.717, 1.165) is 32.0 Å². The number of hydrogen-bond acceptors (Lipinski definition) is 3. The Balaban J connectivity index is 0.00000242. The molecule has 0 atom stereocenters. The smallest absolute Gasteiger partial charge is 0.252 e. The second-order valence-electron chi connectivity index (χ2n) is 5.49. The number of piperidine rings is 1. The van der Waals surface area contributed by atoms with Gasteiger partial charge in [-0.1, -0.05) is 11.6 Å². The van der Waals surface area contributed by atoms with E-state index in [1.54, 1.807) is 7.11 Å². The van der Waals surface area contributed by atoms with Gasteiger partial charge in [-0.25, -0.2) is 4.39 Å². The van der Waals surface area contributed by atoms with Crippen LogP contribution in [0.3, 0.4) is 0 Å². The van der Waals surface area contributed by atoms with Crippen molar-refractivity contribution in [1.29, 1.82) is 0 Å². The van der Waals surface area contributed by atoms with E-state index in [4.69, 9.17) is 16.3 Å². The first-order valence-corrected chi connectivity index (χ1v) is 7.37.